The minimum atomic E-state index is -2.50. The summed E-state index contributed by atoms with van der Waals surface area (Å²) < 4.78 is 51.4. The molecule has 49 heavy (non-hydrogen) atoms. The highest BCUT2D eigenvalue weighted by molar-refractivity contribution is 6.32. The van der Waals surface area contributed by atoms with Crippen LogP contribution in [0.2, 0.25) is 5.02 Å². The molecule has 4 heterocycles. The van der Waals surface area contributed by atoms with Gasteiger partial charge in [-0.15, -0.1) is 10.2 Å². The highest BCUT2D eigenvalue weighted by Crippen LogP contribution is 2.41. The van der Waals surface area contributed by atoms with Gasteiger partial charge in [0.15, 0.2) is 0 Å². The van der Waals surface area contributed by atoms with Crippen molar-refractivity contribution in [3.8, 4) is 22.8 Å². The predicted molar refractivity (Wildman–Crippen MR) is 176 cm³/mol. The molecule has 1 aromatic carbocycles. The van der Waals surface area contributed by atoms with Gasteiger partial charge in [0, 0.05) is 37.5 Å². The maximum Gasteiger partial charge on any atom is 0.261 e. The number of morpholine rings is 1. The number of rotatable bonds is 16. The van der Waals surface area contributed by atoms with Gasteiger partial charge in [0.05, 0.1) is 44.2 Å². The topological polar surface area (TPSA) is 139 Å². The molecule has 1 aliphatic heterocycles. The maximum atomic E-state index is 12.5. The molecule has 17 heteroatoms. The lowest BCUT2D eigenvalue weighted by Crippen LogP contribution is -2.56. The summed E-state index contributed by atoms with van der Waals surface area (Å²) in [6.07, 6.45) is 9.91. The van der Waals surface area contributed by atoms with Crippen molar-refractivity contribution in [3.63, 3.8) is 0 Å². The van der Waals surface area contributed by atoms with Crippen molar-refractivity contribution in [1.82, 2.24) is 44.9 Å². The van der Waals surface area contributed by atoms with E-state index in [1.165, 1.54) is 12.7 Å². The number of tetrazole rings is 1. The van der Waals surface area contributed by atoms with Crippen LogP contribution in [0.3, 0.4) is 0 Å². The largest absolute Gasteiger partial charge is 0.487 e. The lowest BCUT2D eigenvalue weighted by Gasteiger charge is -2.47. The highest BCUT2D eigenvalue weighted by Gasteiger charge is 2.42. The van der Waals surface area contributed by atoms with E-state index in [1.807, 2.05) is 29.9 Å². The van der Waals surface area contributed by atoms with E-state index >= 15 is 0 Å². The number of hydrogen-bond acceptors (Lipinski definition) is 12. The second-order valence-electron chi connectivity index (χ2n) is 12.1. The third kappa shape index (κ3) is 8.98. The fraction of sp³-hybridized carbons (Fsp3) is 0.562. The van der Waals surface area contributed by atoms with Gasteiger partial charge in [0.25, 0.3) is 12.3 Å². The Bertz CT molecular complexity index is 1600. The summed E-state index contributed by atoms with van der Waals surface area (Å²) in [5, 5.41) is 19.9. The molecule has 2 aliphatic rings. The van der Waals surface area contributed by atoms with Crippen molar-refractivity contribution in [3.05, 3.63) is 48.1 Å². The van der Waals surface area contributed by atoms with Gasteiger partial charge in [-0.1, -0.05) is 24.1 Å². The van der Waals surface area contributed by atoms with Gasteiger partial charge in [-0.2, -0.15) is 0 Å². The molecule has 3 aromatic heterocycles. The molecule has 1 saturated heterocycles. The van der Waals surface area contributed by atoms with Gasteiger partial charge in [-0.3, -0.25) is 4.90 Å². The first-order chi connectivity index (χ1) is 23.9. The van der Waals surface area contributed by atoms with Crippen molar-refractivity contribution in [2.24, 2.45) is 0 Å². The molecule has 1 N–H and O–H groups in total. The molecule has 2 fully saturated rings. The average Bonchev–Trinajstić information content (AvgIpc) is 3.78. The zero-order chi connectivity index (χ0) is 34.1. The molecule has 1 aliphatic carbocycles. The van der Waals surface area contributed by atoms with Crippen LogP contribution in [-0.2, 0) is 21.7 Å². The first-order valence-electron chi connectivity index (χ1n) is 16.6. The van der Waals surface area contributed by atoms with E-state index < -0.39 is 13.0 Å². The number of hydrogen-bond donors (Lipinski definition) is 1. The van der Waals surface area contributed by atoms with Crippen molar-refractivity contribution in [2.75, 3.05) is 51.4 Å². The van der Waals surface area contributed by atoms with Crippen molar-refractivity contribution in [1.29, 1.82) is 0 Å². The van der Waals surface area contributed by atoms with Gasteiger partial charge < -0.3 is 24.3 Å². The number of aromatic nitrogens is 8. The Hall–Kier alpha value is -3.99. The second-order valence-corrected chi connectivity index (χ2v) is 12.5. The standard InChI is InChI=1S/C32H41ClF2N10O4/c1-23(19-44-22-38-41-42-44)49-28-16-24(6-7-26(28)33)25-17-36-31(37-18-25)39-27-20-45(40-30(27)48-13-5-12-47-21-29(34)35)32(8-3-2-4-9-32)43-10-14-46-15-11-43/h6-7,16-18,20,22-23,29H,2-5,8-15,19,21H2,1H3,(H,36,37,39). The van der Waals surface area contributed by atoms with Crippen molar-refractivity contribution >= 4 is 23.2 Å². The number of anilines is 2. The van der Waals surface area contributed by atoms with Crippen LogP contribution in [0, 0.1) is 0 Å². The Morgan fingerprint density at radius 3 is 2.59 bits per heavy atom. The number of benzene rings is 1. The minimum absolute atomic E-state index is 0.158. The van der Waals surface area contributed by atoms with Crippen LogP contribution in [0.4, 0.5) is 20.4 Å². The third-order valence-corrected chi connectivity index (χ3v) is 8.92. The summed E-state index contributed by atoms with van der Waals surface area (Å²) >= 11 is 6.45. The molecule has 0 amide bonds. The van der Waals surface area contributed by atoms with Crippen LogP contribution in [0.25, 0.3) is 11.1 Å². The van der Waals surface area contributed by atoms with Crippen LogP contribution >= 0.6 is 11.6 Å². The number of alkyl halides is 2. The molecular weight excluding hydrogens is 662 g/mol. The van der Waals surface area contributed by atoms with Crippen LogP contribution in [-0.4, -0.2) is 104 Å². The molecule has 0 bridgehead atoms. The van der Waals surface area contributed by atoms with Gasteiger partial charge >= 0.3 is 0 Å². The van der Waals surface area contributed by atoms with E-state index in [2.05, 4.69) is 35.7 Å². The lowest BCUT2D eigenvalue weighted by molar-refractivity contribution is -0.0836. The quantitative estimate of drug-likeness (QED) is 0.154. The summed E-state index contributed by atoms with van der Waals surface area (Å²) in [6, 6.07) is 5.50. The Morgan fingerprint density at radius 2 is 1.86 bits per heavy atom. The molecule has 1 atom stereocenters. The number of ether oxygens (including phenoxy) is 4. The normalized spacial score (nSPS) is 17.2. The summed E-state index contributed by atoms with van der Waals surface area (Å²) in [5.74, 6) is 1.26. The summed E-state index contributed by atoms with van der Waals surface area (Å²) in [5.41, 5.74) is 1.91. The molecule has 0 radical (unpaired) electrons. The predicted octanol–water partition coefficient (Wildman–Crippen LogP) is 5.19. The minimum Gasteiger partial charge on any atom is -0.487 e. The SMILES string of the molecule is CC(Cn1cnnn1)Oc1cc(-c2cnc(Nc3cn(C4(N5CCOCC5)CCCCC4)nc3OCCCOCC(F)F)nc2)ccc1Cl. The molecule has 0 spiro atoms. The van der Waals surface area contributed by atoms with Gasteiger partial charge in [-0.25, -0.2) is 28.1 Å². The number of halogens is 3. The average molecular weight is 703 g/mol. The van der Waals surface area contributed by atoms with Crippen LogP contribution in [0.5, 0.6) is 11.6 Å². The Balaban J connectivity index is 1.19. The Morgan fingerprint density at radius 1 is 1.06 bits per heavy atom. The fourth-order valence-electron chi connectivity index (χ4n) is 6.27. The molecule has 1 saturated carbocycles. The van der Waals surface area contributed by atoms with E-state index in [0.717, 1.165) is 49.9 Å². The van der Waals surface area contributed by atoms with E-state index in [1.54, 1.807) is 23.1 Å². The van der Waals surface area contributed by atoms with Gasteiger partial charge in [-0.05, 0) is 60.7 Å². The smallest absolute Gasteiger partial charge is 0.261 e. The summed E-state index contributed by atoms with van der Waals surface area (Å²) in [7, 11) is 0. The highest BCUT2D eigenvalue weighted by atomic mass is 35.5. The second kappa shape index (κ2) is 16.6. The molecule has 14 nitrogen and oxygen atoms in total. The molecule has 6 rings (SSSR count). The monoisotopic (exact) mass is 702 g/mol. The first-order valence-corrected chi connectivity index (χ1v) is 17.0. The van der Waals surface area contributed by atoms with Gasteiger partial charge in [0.2, 0.25) is 5.95 Å². The van der Waals surface area contributed by atoms with Crippen molar-refractivity contribution < 1.29 is 27.7 Å². The van der Waals surface area contributed by atoms with E-state index in [4.69, 9.17) is 35.6 Å². The van der Waals surface area contributed by atoms with Crippen LogP contribution < -0.4 is 14.8 Å². The first kappa shape index (κ1) is 34.9. The summed E-state index contributed by atoms with van der Waals surface area (Å²) in [4.78, 5) is 11.6. The zero-order valence-corrected chi connectivity index (χ0v) is 28.1. The zero-order valence-electron chi connectivity index (χ0n) is 27.4. The lowest BCUT2D eigenvalue weighted by atomic mass is 9.87. The number of nitrogens with zero attached hydrogens (tertiary/aromatic N) is 9. The van der Waals surface area contributed by atoms with Crippen molar-refractivity contribution in [2.45, 2.75) is 70.2 Å². The fourth-order valence-corrected chi connectivity index (χ4v) is 6.43. The Labute approximate surface area is 288 Å². The van der Waals surface area contributed by atoms with E-state index in [9.17, 15) is 8.78 Å². The number of nitrogens with one attached hydrogen (secondary N) is 1. The Kier molecular flexibility index (Phi) is 11.8. The van der Waals surface area contributed by atoms with E-state index in [-0.39, 0.29) is 25.0 Å². The molecule has 1 unspecified atom stereocenters. The van der Waals surface area contributed by atoms with Crippen LogP contribution in [0.1, 0.15) is 45.4 Å². The van der Waals surface area contributed by atoms with E-state index in [0.29, 0.717) is 54.5 Å². The maximum absolute atomic E-state index is 12.5. The molecule has 4 aromatic rings. The van der Waals surface area contributed by atoms with Gasteiger partial charge in [0.1, 0.15) is 36.1 Å². The molecule has 264 valence electrons. The summed E-state index contributed by atoms with van der Waals surface area (Å²) in [6.45, 7) is 5.17. The molecular formula is C32H41ClF2N10O4. The van der Waals surface area contributed by atoms with Crippen LogP contribution in [0.15, 0.2) is 43.1 Å². The third-order valence-electron chi connectivity index (χ3n) is 8.60.